The second-order valence-corrected chi connectivity index (χ2v) is 3.54. The van der Waals surface area contributed by atoms with Crippen molar-refractivity contribution in [2.75, 3.05) is 5.73 Å². The largest absolute Gasteiger partial charge is 0.416 e. The molecule has 1 heterocycles. The van der Waals surface area contributed by atoms with E-state index in [1.165, 1.54) is 16.9 Å². The Kier molecular flexibility index (Phi) is 2.74. The molecule has 0 aliphatic rings. The highest BCUT2D eigenvalue weighted by atomic mass is 19.4. The summed E-state index contributed by atoms with van der Waals surface area (Å²) >= 11 is 0. The van der Waals surface area contributed by atoms with Gasteiger partial charge in [-0.2, -0.15) is 13.2 Å². The van der Waals surface area contributed by atoms with Crippen LogP contribution in [0.4, 0.5) is 19.0 Å². The Morgan fingerprint density at radius 1 is 1.29 bits per heavy atom. The van der Waals surface area contributed by atoms with Gasteiger partial charge in [-0.1, -0.05) is 17.3 Å². The Labute approximate surface area is 94.9 Å². The van der Waals surface area contributed by atoms with E-state index in [0.717, 1.165) is 12.1 Å². The molecule has 0 atom stereocenters. The number of halogens is 3. The van der Waals surface area contributed by atoms with E-state index in [-0.39, 0.29) is 12.4 Å². The zero-order valence-electron chi connectivity index (χ0n) is 8.65. The minimum atomic E-state index is -4.34. The Morgan fingerprint density at radius 2 is 2.06 bits per heavy atom. The molecule has 0 saturated heterocycles. The van der Waals surface area contributed by atoms with Crippen molar-refractivity contribution in [2.45, 2.75) is 12.7 Å². The second-order valence-electron chi connectivity index (χ2n) is 3.54. The van der Waals surface area contributed by atoms with E-state index in [0.29, 0.717) is 5.56 Å². The van der Waals surface area contributed by atoms with Gasteiger partial charge in [-0.25, -0.2) is 4.68 Å². The molecule has 0 aliphatic heterocycles. The maximum atomic E-state index is 12.5. The van der Waals surface area contributed by atoms with Crippen molar-refractivity contribution in [2.24, 2.45) is 0 Å². The van der Waals surface area contributed by atoms with E-state index in [4.69, 9.17) is 5.73 Å². The van der Waals surface area contributed by atoms with E-state index in [1.54, 1.807) is 6.07 Å². The summed E-state index contributed by atoms with van der Waals surface area (Å²) in [5, 5.41) is 7.22. The molecule has 7 heteroatoms. The topological polar surface area (TPSA) is 56.7 Å². The standard InChI is InChI=1S/C10H9F3N4/c11-10(12,13)8-3-1-2-7(4-8)5-17-6-9(14)15-16-17/h1-4,6H,5,14H2. The van der Waals surface area contributed by atoms with E-state index < -0.39 is 11.7 Å². The number of nitrogen functional groups attached to an aromatic ring is 1. The molecule has 2 aromatic rings. The Hall–Kier alpha value is -2.05. The molecule has 1 aromatic carbocycles. The lowest BCUT2D eigenvalue weighted by Gasteiger charge is -2.08. The van der Waals surface area contributed by atoms with Crippen LogP contribution >= 0.6 is 0 Å². The monoisotopic (exact) mass is 242 g/mol. The molecule has 0 fully saturated rings. The average molecular weight is 242 g/mol. The number of aromatic nitrogens is 3. The van der Waals surface area contributed by atoms with Crippen LogP contribution in [-0.4, -0.2) is 15.0 Å². The lowest BCUT2D eigenvalue weighted by molar-refractivity contribution is -0.137. The molecule has 0 amide bonds. The quantitative estimate of drug-likeness (QED) is 0.875. The number of rotatable bonds is 2. The molecule has 90 valence electrons. The van der Waals surface area contributed by atoms with Crippen molar-refractivity contribution in [3.05, 3.63) is 41.6 Å². The zero-order valence-corrected chi connectivity index (χ0v) is 8.65. The number of hydrogen-bond acceptors (Lipinski definition) is 3. The highest BCUT2D eigenvalue weighted by Gasteiger charge is 2.30. The first-order valence-corrected chi connectivity index (χ1v) is 4.77. The molecule has 0 saturated carbocycles. The third-order valence-corrected chi connectivity index (χ3v) is 2.16. The number of benzene rings is 1. The number of hydrogen-bond donors (Lipinski definition) is 1. The minimum absolute atomic E-state index is 0.202. The predicted molar refractivity (Wildman–Crippen MR) is 55.0 cm³/mol. The Morgan fingerprint density at radius 3 is 2.65 bits per heavy atom. The molecule has 0 aliphatic carbocycles. The van der Waals surface area contributed by atoms with Gasteiger partial charge in [0.2, 0.25) is 0 Å². The summed E-state index contributed by atoms with van der Waals surface area (Å²) in [6, 6.07) is 5.06. The molecule has 2 N–H and O–H groups in total. The van der Waals surface area contributed by atoms with Crippen LogP contribution in [0, 0.1) is 0 Å². The van der Waals surface area contributed by atoms with Crippen molar-refractivity contribution in [1.82, 2.24) is 15.0 Å². The van der Waals surface area contributed by atoms with Crippen molar-refractivity contribution in [3.63, 3.8) is 0 Å². The van der Waals surface area contributed by atoms with Gasteiger partial charge in [-0.05, 0) is 17.7 Å². The van der Waals surface area contributed by atoms with Gasteiger partial charge in [0.25, 0.3) is 0 Å². The zero-order chi connectivity index (χ0) is 12.5. The molecular weight excluding hydrogens is 233 g/mol. The predicted octanol–water partition coefficient (Wildman–Crippen LogP) is 1.93. The van der Waals surface area contributed by atoms with Crippen LogP contribution < -0.4 is 5.73 Å². The van der Waals surface area contributed by atoms with Gasteiger partial charge >= 0.3 is 6.18 Å². The molecule has 0 spiro atoms. The van der Waals surface area contributed by atoms with Crippen LogP contribution in [0.15, 0.2) is 30.5 Å². The van der Waals surface area contributed by atoms with E-state index in [9.17, 15) is 13.2 Å². The first-order chi connectivity index (χ1) is 7.95. The van der Waals surface area contributed by atoms with Crippen molar-refractivity contribution in [1.29, 1.82) is 0 Å². The first kappa shape index (κ1) is 11.4. The fourth-order valence-corrected chi connectivity index (χ4v) is 1.42. The number of alkyl halides is 3. The second kappa shape index (κ2) is 4.08. The smallest absolute Gasteiger partial charge is 0.381 e. The maximum Gasteiger partial charge on any atom is 0.416 e. The van der Waals surface area contributed by atoms with Crippen molar-refractivity contribution in [3.8, 4) is 0 Å². The Balaban J connectivity index is 2.22. The summed E-state index contributed by atoms with van der Waals surface area (Å²) in [5.74, 6) is 0.233. The molecule has 17 heavy (non-hydrogen) atoms. The number of nitrogens with two attached hydrogens (primary N) is 1. The third kappa shape index (κ3) is 2.74. The summed E-state index contributed by atoms with van der Waals surface area (Å²) in [5.41, 5.74) is 5.17. The van der Waals surface area contributed by atoms with Gasteiger partial charge in [0, 0.05) is 0 Å². The fraction of sp³-hybridized carbons (Fsp3) is 0.200. The van der Waals surface area contributed by atoms with Gasteiger partial charge in [-0.15, -0.1) is 5.10 Å². The van der Waals surface area contributed by atoms with Gasteiger partial charge in [0.1, 0.15) is 0 Å². The molecule has 1 aromatic heterocycles. The van der Waals surface area contributed by atoms with Gasteiger partial charge in [0.05, 0.1) is 18.3 Å². The maximum absolute atomic E-state index is 12.5. The van der Waals surface area contributed by atoms with E-state index >= 15 is 0 Å². The molecule has 0 bridgehead atoms. The summed E-state index contributed by atoms with van der Waals surface area (Å²) in [4.78, 5) is 0. The van der Waals surface area contributed by atoms with E-state index in [1.807, 2.05) is 0 Å². The van der Waals surface area contributed by atoms with Crippen LogP contribution in [0.3, 0.4) is 0 Å². The van der Waals surface area contributed by atoms with Gasteiger partial charge in [-0.3, -0.25) is 0 Å². The SMILES string of the molecule is Nc1cn(Cc2cccc(C(F)(F)F)c2)nn1. The Bertz CT molecular complexity index is 518. The van der Waals surface area contributed by atoms with Crippen LogP contribution in [0.25, 0.3) is 0 Å². The van der Waals surface area contributed by atoms with E-state index in [2.05, 4.69) is 10.3 Å². The van der Waals surface area contributed by atoms with Crippen LogP contribution in [0.1, 0.15) is 11.1 Å². The highest BCUT2D eigenvalue weighted by molar-refractivity contribution is 5.26. The molecule has 0 radical (unpaired) electrons. The lowest BCUT2D eigenvalue weighted by atomic mass is 10.1. The number of anilines is 1. The summed E-state index contributed by atoms with van der Waals surface area (Å²) in [6.45, 7) is 0.202. The minimum Gasteiger partial charge on any atom is -0.381 e. The summed E-state index contributed by atoms with van der Waals surface area (Å²) in [6.07, 6.45) is -2.88. The van der Waals surface area contributed by atoms with Crippen LogP contribution in [0.2, 0.25) is 0 Å². The van der Waals surface area contributed by atoms with Crippen molar-refractivity contribution < 1.29 is 13.2 Å². The molecular formula is C10H9F3N4. The third-order valence-electron chi connectivity index (χ3n) is 2.16. The van der Waals surface area contributed by atoms with Crippen LogP contribution in [-0.2, 0) is 12.7 Å². The normalized spacial score (nSPS) is 11.7. The molecule has 4 nitrogen and oxygen atoms in total. The first-order valence-electron chi connectivity index (χ1n) is 4.77. The number of nitrogens with zero attached hydrogens (tertiary/aromatic N) is 3. The lowest BCUT2D eigenvalue weighted by Crippen LogP contribution is -2.07. The summed E-state index contributed by atoms with van der Waals surface area (Å²) in [7, 11) is 0. The van der Waals surface area contributed by atoms with Gasteiger partial charge < -0.3 is 5.73 Å². The average Bonchev–Trinajstić information content (AvgIpc) is 2.63. The van der Waals surface area contributed by atoms with Crippen molar-refractivity contribution >= 4 is 5.82 Å². The molecule has 0 unspecified atom stereocenters. The van der Waals surface area contributed by atoms with Gasteiger partial charge in [0.15, 0.2) is 5.82 Å². The highest BCUT2D eigenvalue weighted by Crippen LogP contribution is 2.29. The fourth-order valence-electron chi connectivity index (χ4n) is 1.42. The van der Waals surface area contributed by atoms with Crippen LogP contribution in [0.5, 0.6) is 0 Å². The summed E-state index contributed by atoms with van der Waals surface area (Å²) < 4.78 is 38.7. The molecule has 2 rings (SSSR count).